The van der Waals surface area contributed by atoms with Crippen molar-refractivity contribution < 1.29 is 4.79 Å². The van der Waals surface area contributed by atoms with Gasteiger partial charge in [-0.15, -0.1) is 0 Å². The van der Waals surface area contributed by atoms with Crippen LogP contribution in [0.5, 0.6) is 0 Å². The van der Waals surface area contributed by atoms with Gasteiger partial charge in [-0.25, -0.2) is 0 Å². The summed E-state index contributed by atoms with van der Waals surface area (Å²) in [6.45, 7) is 0.476. The van der Waals surface area contributed by atoms with Crippen LogP contribution in [0.3, 0.4) is 0 Å². The summed E-state index contributed by atoms with van der Waals surface area (Å²) in [5, 5.41) is 6.18. The lowest BCUT2D eigenvalue weighted by molar-refractivity contribution is -0.121. The number of nitrogens with two attached hydrogens (primary N) is 1. The molecule has 5 nitrogen and oxygen atoms in total. The Morgan fingerprint density at radius 1 is 1.06 bits per heavy atom. The SMILES string of the molecule is NC(=NCCC(=O)NC1CCCCC1)NC1CC1. The molecule has 0 unspecified atom stereocenters. The van der Waals surface area contributed by atoms with Crippen LogP contribution in [0.25, 0.3) is 0 Å². The second-order valence-corrected chi connectivity index (χ2v) is 5.34. The van der Waals surface area contributed by atoms with Gasteiger partial charge in [0.15, 0.2) is 5.96 Å². The van der Waals surface area contributed by atoms with E-state index in [-0.39, 0.29) is 5.91 Å². The second kappa shape index (κ2) is 6.61. The number of carbonyl (C=O) groups is 1. The first-order chi connectivity index (χ1) is 8.74. The Morgan fingerprint density at radius 2 is 1.72 bits per heavy atom. The zero-order chi connectivity index (χ0) is 12.8. The maximum Gasteiger partial charge on any atom is 0.222 e. The van der Waals surface area contributed by atoms with Crippen molar-refractivity contribution in [3.63, 3.8) is 0 Å². The molecule has 0 aliphatic heterocycles. The number of hydrogen-bond acceptors (Lipinski definition) is 2. The number of guanidine groups is 1. The van der Waals surface area contributed by atoms with E-state index in [1.54, 1.807) is 0 Å². The van der Waals surface area contributed by atoms with Crippen LogP contribution in [-0.4, -0.2) is 30.5 Å². The predicted octanol–water partition coefficient (Wildman–Crippen LogP) is 0.892. The van der Waals surface area contributed by atoms with Gasteiger partial charge >= 0.3 is 0 Å². The van der Waals surface area contributed by atoms with Gasteiger partial charge in [0.1, 0.15) is 0 Å². The number of aliphatic imine (C=N–C) groups is 1. The van der Waals surface area contributed by atoms with E-state index in [1.165, 1.54) is 32.1 Å². The first kappa shape index (κ1) is 13.2. The maximum absolute atomic E-state index is 11.7. The Labute approximate surface area is 109 Å². The molecule has 102 valence electrons. The Kier molecular flexibility index (Phi) is 4.84. The number of nitrogens with one attached hydrogen (secondary N) is 2. The molecule has 2 aliphatic carbocycles. The van der Waals surface area contributed by atoms with E-state index < -0.39 is 0 Å². The molecule has 2 fully saturated rings. The molecule has 0 atom stereocenters. The molecule has 5 heteroatoms. The van der Waals surface area contributed by atoms with Crippen LogP contribution in [0.1, 0.15) is 51.4 Å². The van der Waals surface area contributed by atoms with Crippen molar-refractivity contribution in [2.24, 2.45) is 10.7 Å². The first-order valence-corrected chi connectivity index (χ1v) is 7.10. The number of carbonyl (C=O) groups excluding carboxylic acids is 1. The summed E-state index contributed by atoms with van der Waals surface area (Å²) in [5.74, 6) is 0.577. The summed E-state index contributed by atoms with van der Waals surface area (Å²) in [4.78, 5) is 15.8. The van der Waals surface area contributed by atoms with Gasteiger partial charge < -0.3 is 16.4 Å². The van der Waals surface area contributed by atoms with Crippen LogP contribution in [0, 0.1) is 0 Å². The minimum atomic E-state index is 0.102. The van der Waals surface area contributed by atoms with Crippen LogP contribution < -0.4 is 16.4 Å². The highest BCUT2D eigenvalue weighted by Gasteiger charge is 2.21. The number of rotatable bonds is 5. The Bertz CT molecular complexity index is 306. The number of nitrogens with zero attached hydrogens (tertiary/aromatic N) is 1. The van der Waals surface area contributed by atoms with Crippen molar-refractivity contribution in [2.75, 3.05) is 6.54 Å². The number of amides is 1. The molecule has 2 rings (SSSR count). The summed E-state index contributed by atoms with van der Waals surface area (Å²) in [7, 11) is 0. The van der Waals surface area contributed by atoms with E-state index in [4.69, 9.17) is 5.73 Å². The fourth-order valence-electron chi connectivity index (χ4n) is 2.31. The summed E-state index contributed by atoms with van der Waals surface area (Å²) in [6, 6.07) is 0.905. The van der Waals surface area contributed by atoms with Crippen LogP contribution >= 0.6 is 0 Å². The normalized spacial score (nSPS) is 21.7. The van der Waals surface area contributed by atoms with Gasteiger partial charge in [-0.1, -0.05) is 19.3 Å². The Hall–Kier alpha value is -1.26. The van der Waals surface area contributed by atoms with Gasteiger partial charge in [-0.05, 0) is 25.7 Å². The first-order valence-electron chi connectivity index (χ1n) is 7.10. The summed E-state index contributed by atoms with van der Waals surface area (Å²) < 4.78 is 0. The highest BCUT2D eigenvalue weighted by Crippen LogP contribution is 2.18. The van der Waals surface area contributed by atoms with E-state index in [0.717, 1.165) is 12.8 Å². The van der Waals surface area contributed by atoms with E-state index in [0.29, 0.717) is 31.0 Å². The van der Waals surface area contributed by atoms with Crippen LogP contribution in [0.15, 0.2) is 4.99 Å². The molecule has 0 aromatic carbocycles. The highest BCUT2D eigenvalue weighted by molar-refractivity contribution is 5.80. The van der Waals surface area contributed by atoms with E-state index in [2.05, 4.69) is 15.6 Å². The largest absolute Gasteiger partial charge is 0.370 e. The van der Waals surface area contributed by atoms with Gasteiger partial charge in [0, 0.05) is 18.5 Å². The van der Waals surface area contributed by atoms with Gasteiger partial charge in [0.05, 0.1) is 6.54 Å². The molecule has 2 aliphatic rings. The molecular formula is C13H24N4O. The molecule has 0 bridgehead atoms. The molecule has 4 N–H and O–H groups in total. The van der Waals surface area contributed by atoms with Gasteiger partial charge in [-0.2, -0.15) is 0 Å². The smallest absolute Gasteiger partial charge is 0.222 e. The lowest BCUT2D eigenvalue weighted by Gasteiger charge is -2.22. The fraction of sp³-hybridized carbons (Fsp3) is 0.846. The maximum atomic E-state index is 11.7. The Balaban J connectivity index is 1.58. The van der Waals surface area contributed by atoms with Crippen molar-refractivity contribution in [3.05, 3.63) is 0 Å². The summed E-state index contributed by atoms with van der Waals surface area (Å²) in [5.41, 5.74) is 5.69. The standard InChI is InChI=1S/C13H24N4O/c14-13(17-11-6-7-11)15-9-8-12(18)16-10-4-2-1-3-5-10/h10-11H,1-9H2,(H,16,18)(H3,14,15,17). The lowest BCUT2D eigenvalue weighted by atomic mass is 9.95. The van der Waals surface area contributed by atoms with Crippen molar-refractivity contribution in [2.45, 2.75) is 63.5 Å². The molecule has 0 heterocycles. The molecule has 0 saturated heterocycles. The van der Waals surface area contributed by atoms with Gasteiger partial charge in [0.2, 0.25) is 5.91 Å². The predicted molar refractivity (Wildman–Crippen MR) is 72.3 cm³/mol. The lowest BCUT2D eigenvalue weighted by Crippen LogP contribution is -2.37. The Morgan fingerprint density at radius 3 is 2.39 bits per heavy atom. The van der Waals surface area contributed by atoms with E-state index in [1.807, 2.05) is 0 Å². The van der Waals surface area contributed by atoms with Crippen molar-refractivity contribution in [1.29, 1.82) is 0 Å². The fourth-order valence-corrected chi connectivity index (χ4v) is 2.31. The highest BCUT2D eigenvalue weighted by atomic mass is 16.1. The third-order valence-corrected chi connectivity index (χ3v) is 3.52. The van der Waals surface area contributed by atoms with Crippen molar-refractivity contribution in [1.82, 2.24) is 10.6 Å². The molecule has 18 heavy (non-hydrogen) atoms. The van der Waals surface area contributed by atoms with Crippen molar-refractivity contribution in [3.8, 4) is 0 Å². The van der Waals surface area contributed by atoms with Crippen molar-refractivity contribution >= 4 is 11.9 Å². The summed E-state index contributed by atoms with van der Waals surface area (Å²) in [6.07, 6.45) is 8.82. The minimum Gasteiger partial charge on any atom is -0.370 e. The zero-order valence-corrected chi connectivity index (χ0v) is 11.0. The quantitative estimate of drug-likeness (QED) is 0.502. The molecule has 0 aromatic rings. The topological polar surface area (TPSA) is 79.5 Å². The van der Waals surface area contributed by atoms with Crippen LogP contribution in [-0.2, 0) is 4.79 Å². The van der Waals surface area contributed by atoms with Crippen LogP contribution in [0.2, 0.25) is 0 Å². The zero-order valence-electron chi connectivity index (χ0n) is 11.0. The van der Waals surface area contributed by atoms with Gasteiger partial charge in [-0.3, -0.25) is 9.79 Å². The van der Waals surface area contributed by atoms with E-state index >= 15 is 0 Å². The monoisotopic (exact) mass is 252 g/mol. The molecule has 2 saturated carbocycles. The number of hydrogen-bond donors (Lipinski definition) is 3. The minimum absolute atomic E-state index is 0.102. The molecule has 1 amide bonds. The molecule has 0 spiro atoms. The second-order valence-electron chi connectivity index (χ2n) is 5.34. The molecular weight excluding hydrogens is 228 g/mol. The van der Waals surface area contributed by atoms with Crippen LogP contribution in [0.4, 0.5) is 0 Å². The molecule has 0 radical (unpaired) electrons. The average Bonchev–Trinajstić information content (AvgIpc) is 3.14. The average molecular weight is 252 g/mol. The third-order valence-electron chi connectivity index (χ3n) is 3.52. The van der Waals surface area contributed by atoms with E-state index in [9.17, 15) is 4.79 Å². The van der Waals surface area contributed by atoms with Gasteiger partial charge in [0.25, 0.3) is 0 Å². The molecule has 0 aromatic heterocycles. The summed E-state index contributed by atoms with van der Waals surface area (Å²) >= 11 is 0. The third kappa shape index (κ3) is 4.94.